The molecule has 0 aliphatic rings. The Balaban J connectivity index is 1.60. The molecule has 0 radical (unpaired) electrons. The van der Waals surface area contributed by atoms with Gasteiger partial charge in [-0.3, -0.25) is 9.40 Å². The van der Waals surface area contributed by atoms with E-state index >= 15 is 0 Å². The van der Waals surface area contributed by atoms with Gasteiger partial charge in [0, 0.05) is 16.2 Å². The van der Waals surface area contributed by atoms with E-state index in [0.717, 1.165) is 16.3 Å². The largest absolute Gasteiger partial charge is 0.265 e. The quantitative estimate of drug-likeness (QED) is 0.401. The molecule has 3 aromatic carbocycles. The summed E-state index contributed by atoms with van der Waals surface area (Å²) in [5.41, 5.74) is 0.777. The highest BCUT2D eigenvalue weighted by atomic mass is 35.5. The Morgan fingerprint density at radius 2 is 1.66 bits per heavy atom. The van der Waals surface area contributed by atoms with Gasteiger partial charge in [-0.15, -0.1) is 0 Å². The van der Waals surface area contributed by atoms with E-state index in [-0.39, 0.29) is 15.7 Å². The topological polar surface area (TPSA) is 64.0 Å². The molecule has 0 unspecified atom stereocenters. The summed E-state index contributed by atoms with van der Waals surface area (Å²) in [5.74, 6) is 0.0462. The number of rotatable bonds is 5. The number of halogens is 3. The van der Waals surface area contributed by atoms with Crippen LogP contribution in [0.4, 0.5) is 5.82 Å². The van der Waals surface area contributed by atoms with Crippen molar-refractivity contribution >= 4 is 61.4 Å². The first kappa shape index (κ1) is 20.0. The Morgan fingerprint density at radius 1 is 0.897 bits per heavy atom. The molecule has 0 spiro atoms. The number of aromatic nitrogens is 2. The Kier molecular flexibility index (Phi) is 5.44. The van der Waals surface area contributed by atoms with Crippen LogP contribution in [0.5, 0.6) is 0 Å². The summed E-state index contributed by atoms with van der Waals surface area (Å²) < 4.78 is 29.6. The number of sulfonamides is 1. The monoisotopic (exact) mass is 465 g/mol. The number of hydrogen-bond donors (Lipinski definition) is 1. The normalized spacial score (nSPS) is 11.7. The predicted molar refractivity (Wildman–Crippen MR) is 118 cm³/mol. The first-order valence-electron chi connectivity index (χ1n) is 8.50. The molecule has 5 nitrogen and oxygen atoms in total. The van der Waals surface area contributed by atoms with Crippen molar-refractivity contribution in [3.8, 4) is 0 Å². The predicted octanol–water partition coefficient (Wildman–Crippen LogP) is 5.85. The summed E-state index contributed by atoms with van der Waals surface area (Å²) in [6.45, 7) is 0.313. The van der Waals surface area contributed by atoms with E-state index in [1.165, 1.54) is 10.9 Å². The smallest absolute Gasteiger partial charge is 0.263 e. The lowest BCUT2D eigenvalue weighted by atomic mass is 10.1. The minimum Gasteiger partial charge on any atom is -0.265 e. The van der Waals surface area contributed by atoms with Gasteiger partial charge in [0.25, 0.3) is 10.0 Å². The van der Waals surface area contributed by atoms with Crippen LogP contribution in [0, 0.1) is 0 Å². The molecule has 4 aromatic rings. The van der Waals surface area contributed by atoms with Crippen LogP contribution >= 0.6 is 34.8 Å². The second kappa shape index (κ2) is 7.88. The van der Waals surface area contributed by atoms with Crippen molar-refractivity contribution in [2.24, 2.45) is 0 Å². The molecule has 9 heteroatoms. The third kappa shape index (κ3) is 4.36. The highest BCUT2D eigenvalue weighted by Gasteiger charge is 2.19. The van der Waals surface area contributed by atoms with Gasteiger partial charge in [0.05, 0.1) is 11.4 Å². The second-order valence-corrected chi connectivity index (χ2v) is 9.31. The number of benzene rings is 3. The molecule has 0 amide bonds. The van der Waals surface area contributed by atoms with Gasteiger partial charge in [0.1, 0.15) is 5.02 Å². The molecule has 0 saturated heterocycles. The number of anilines is 1. The fourth-order valence-corrected chi connectivity index (χ4v) is 4.67. The minimum absolute atomic E-state index is 0.0462. The van der Waals surface area contributed by atoms with Crippen molar-refractivity contribution in [2.75, 3.05) is 4.72 Å². The molecule has 1 aromatic heterocycles. The summed E-state index contributed by atoms with van der Waals surface area (Å²) in [6.07, 6.45) is 1.53. The van der Waals surface area contributed by atoms with E-state index in [2.05, 4.69) is 9.82 Å². The molecule has 1 heterocycles. The number of hydrogen-bond acceptors (Lipinski definition) is 3. The fourth-order valence-electron chi connectivity index (χ4n) is 2.89. The van der Waals surface area contributed by atoms with Crippen LogP contribution < -0.4 is 4.72 Å². The van der Waals surface area contributed by atoms with E-state index in [0.29, 0.717) is 16.6 Å². The highest BCUT2D eigenvalue weighted by molar-refractivity contribution is 7.92. The molecule has 1 N–H and O–H groups in total. The summed E-state index contributed by atoms with van der Waals surface area (Å²) in [5, 5.41) is 7.22. The van der Waals surface area contributed by atoms with Crippen LogP contribution in [-0.4, -0.2) is 18.2 Å². The van der Waals surface area contributed by atoms with E-state index < -0.39 is 10.0 Å². The van der Waals surface area contributed by atoms with Gasteiger partial charge in [0.15, 0.2) is 5.82 Å². The van der Waals surface area contributed by atoms with Crippen LogP contribution in [0.1, 0.15) is 5.56 Å². The van der Waals surface area contributed by atoms with Gasteiger partial charge < -0.3 is 0 Å². The molecule has 29 heavy (non-hydrogen) atoms. The average molecular weight is 467 g/mol. The fraction of sp³-hybridized carbons (Fsp3) is 0.0500. The molecule has 0 aliphatic heterocycles. The second-order valence-electron chi connectivity index (χ2n) is 6.37. The summed E-state index contributed by atoms with van der Waals surface area (Å²) in [7, 11) is -3.85. The molecular formula is C20H14Cl3N3O2S. The van der Waals surface area contributed by atoms with E-state index in [1.54, 1.807) is 36.4 Å². The van der Waals surface area contributed by atoms with Crippen molar-refractivity contribution in [3.63, 3.8) is 0 Å². The van der Waals surface area contributed by atoms with Gasteiger partial charge >= 0.3 is 0 Å². The lowest BCUT2D eigenvalue weighted by molar-refractivity contribution is 0.600. The van der Waals surface area contributed by atoms with Crippen molar-refractivity contribution in [3.05, 3.63) is 87.5 Å². The number of fused-ring (bicyclic) bond motifs is 1. The van der Waals surface area contributed by atoms with Crippen LogP contribution in [0.2, 0.25) is 15.1 Å². The molecular weight excluding hydrogens is 453 g/mol. The van der Waals surface area contributed by atoms with Crippen molar-refractivity contribution in [2.45, 2.75) is 11.4 Å². The zero-order chi connectivity index (χ0) is 20.6. The van der Waals surface area contributed by atoms with Crippen molar-refractivity contribution in [1.82, 2.24) is 9.78 Å². The van der Waals surface area contributed by atoms with Gasteiger partial charge in [0.2, 0.25) is 0 Å². The average Bonchev–Trinajstić information content (AvgIpc) is 3.02. The maximum atomic E-state index is 12.8. The Hall–Kier alpha value is -2.25. The third-order valence-electron chi connectivity index (χ3n) is 4.33. The maximum Gasteiger partial charge on any atom is 0.263 e. The molecule has 0 atom stereocenters. The van der Waals surface area contributed by atoms with E-state index in [9.17, 15) is 8.42 Å². The molecule has 148 valence electrons. The molecule has 0 saturated carbocycles. The molecule has 0 bridgehead atoms. The third-order valence-corrected chi connectivity index (χ3v) is 6.53. The molecule has 0 aliphatic carbocycles. The Bertz CT molecular complexity index is 1320. The van der Waals surface area contributed by atoms with E-state index in [4.69, 9.17) is 34.8 Å². The standard InChI is InChI=1S/C20H14Cl3N3O2S/c21-16-7-5-15(18(22)10-16)11-26-12-19(23)20(24-26)25-29(27,28)17-8-6-13-3-1-2-4-14(13)9-17/h1-10,12H,11H2,(H,24,25). The number of nitrogens with one attached hydrogen (secondary N) is 1. The first-order valence-corrected chi connectivity index (χ1v) is 11.1. The first-order chi connectivity index (χ1) is 13.8. The summed E-state index contributed by atoms with van der Waals surface area (Å²) in [4.78, 5) is 0.127. The zero-order valence-electron chi connectivity index (χ0n) is 14.8. The molecule has 0 fully saturated rings. The zero-order valence-corrected chi connectivity index (χ0v) is 17.9. The minimum atomic E-state index is -3.85. The SMILES string of the molecule is O=S(=O)(Nc1nn(Cc2ccc(Cl)cc2Cl)cc1Cl)c1ccc2ccccc2c1. The van der Waals surface area contributed by atoms with Crippen molar-refractivity contribution < 1.29 is 8.42 Å². The lowest BCUT2D eigenvalue weighted by Gasteiger charge is -2.08. The van der Waals surface area contributed by atoms with E-state index in [1.807, 2.05) is 24.3 Å². The molecule has 4 rings (SSSR count). The van der Waals surface area contributed by atoms with Crippen LogP contribution in [-0.2, 0) is 16.6 Å². The number of nitrogens with zero attached hydrogens (tertiary/aromatic N) is 2. The lowest BCUT2D eigenvalue weighted by Crippen LogP contribution is -2.14. The highest BCUT2D eigenvalue weighted by Crippen LogP contribution is 2.27. The Labute approximate surface area is 182 Å². The van der Waals surface area contributed by atoms with Gasteiger partial charge in [-0.2, -0.15) is 5.10 Å². The van der Waals surface area contributed by atoms with Crippen LogP contribution in [0.15, 0.2) is 71.8 Å². The summed E-state index contributed by atoms with van der Waals surface area (Å²) >= 11 is 18.3. The van der Waals surface area contributed by atoms with Gasteiger partial charge in [-0.1, -0.05) is 71.2 Å². The van der Waals surface area contributed by atoms with Crippen LogP contribution in [0.25, 0.3) is 10.8 Å². The Morgan fingerprint density at radius 3 is 2.41 bits per heavy atom. The van der Waals surface area contributed by atoms with Gasteiger partial charge in [-0.25, -0.2) is 8.42 Å². The summed E-state index contributed by atoms with van der Waals surface area (Å²) in [6, 6.07) is 17.6. The van der Waals surface area contributed by atoms with Crippen molar-refractivity contribution in [1.29, 1.82) is 0 Å². The van der Waals surface area contributed by atoms with Crippen LogP contribution in [0.3, 0.4) is 0 Å². The van der Waals surface area contributed by atoms with Gasteiger partial charge in [-0.05, 0) is 40.6 Å². The maximum absolute atomic E-state index is 12.8.